The Bertz CT molecular complexity index is 614. The number of nitrogens with zero attached hydrogens (tertiary/aromatic N) is 1. The van der Waals surface area contributed by atoms with Crippen LogP contribution in [0.25, 0.3) is 0 Å². The summed E-state index contributed by atoms with van der Waals surface area (Å²) in [6.07, 6.45) is 0. The van der Waals surface area contributed by atoms with Crippen molar-refractivity contribution < 1.29 is 9.66 Å². The number of anilines is 1. The number of methoxy groups -OCH3 is 1. The number of nitro groups is 1. The standard InChI is InChI=1S/C14H13BrN2O3/c1-20-12-5-2-10(3-6-12)9-16-14-7-4-11(17(18)19)8-13(14)15/h2-8,16H,9H2,1H3. The quantitative estimate of drug-likeness (QED) is 0.662. The molecule has 0 saturated carbocycles. The van der Waals surface area contributed by atoms with Crippen LogP contribution in [-0.4, -0.2) is 12.0 Å². The number of nitro benzene ring substituents is 1. The van der Waals surface area contributed by atoms with E-state index in [2.05, 4.69) is 21.2 Å². The molecule has 0 fully saturated rings. The number of benzene rings is 2. The summed E-state index contributed by atoms with van der Waals surface area (Å²) < 4.78 is 5.76. The molecule has 0 heterocycles. The van der Waals surface area contributed by atoms with E-state index in [1.165, 1.54) is 12.1 Å². The molecule has 0 atom stereocenters. The van der Waals surface area contributed by atoms with Gasteiger partial charge in [0.25, 0.3) is 5.69 Å². The Morgan fingerprint density at radius 1 is 1.25 bits per heavy atom. The lowest BCUT2D eigenvalue weighted by atomic mass is 10.2. The lowest BCUT2D eigenvalue weighted by Gasteiger charge is -2.09. The van der Waals surface area contributed by atoms with Gasteiger partial charge in [0, 0.05) is 28.8 Å². The van der Waals surface area contributed by atoms with Gasteiger partial charge in [-0.3, -0.25) is 10.1 Å². The van der Waals surface area contributed by atoms with Crippen molar-refractivity contribution in [1.82, 2.24) is 0 Å². The first-order chi connectivity index (χ1) is 9.60. The first-order valence-corrected chi connectivity index (χ1v) is 6.70. The Labute approximate surface area is 124 Å². The summed E-state index contributed by atoms with van der Waals surface area (Å²) in [5, 5.41) is 13.9. The maximum Gasteiger partial charge on any atom is 0.270 e. The van der Waals surface area contributed by atoms with E-state index in [0.29, 0.717) is 11.0 Å². The van der Waals surface area contributed by atoms with Gasteiger partial charge in [0.05, 0.1) is 12.0 Å². The fourth-order valence-corrected chi connectivity index (χ4v) is 2.21. The predicted octanol–water partition coefficient (Wildman–Crippen LogP) is 3.98. The van der Waals surface area contributed by atoms with Crippen molar-refractivity contribution in [2.45, 2.75) is 6.54 Å². The summed E-state index contributed by atoms with van der Waals surface area (Å²) in [5.74, 6) is 0.810. The van der Waals surface area contributed by atoms with E-state index in [-0.39, 0.29) is 5.69 Å². The molecule has 1 N–H and O–H groups in total. The summed E-state index contributed by atoms with van der Waals surface area (Å²) in [6.45, 7) is 0.625. The van der Waals surface area contributed by atoms with E-state index < -0.39 is 4.92 Å². The van der Waals surface area contributed by atoms with Crippen LogP contribution in [0.2, 0.25) is 0 Å². The van der Waals surface area contributed by atoms with Gasteiger partial charge in [-0.2, -0.15) is 0 Å². The van der Waals surface area contributed by atoms with Crippen molar-refractivity contribution in [2.24, 2.45) is 0 Å². The molecule has 0 unspecified atom stereocenters. The molecule has 2 rings (SSSR count). The van der Waals surface area contributed by atoms with Gasteiger partial charge in [-0.25, -0.2) is 0 Å². The zero-order valence-electron chi connectivity index (χ0n) is 10.8. The lowest BCUT2D eigenvalue weighted by molar-refractivity contribution is -0.384. The van der Waals surface area contributed by atoms with Gasteiger partial charge in [-0.1, -0.05) is 12.1 Å². The molecule has 0 aliphatic rings. The van der Waals surface area contributed by atoms with Crippen LogP contribution in [0.4, 0.5) is 11.4 Å². The Kier molecular flexibility index (Phi) is 4.57. The SMILES string of the molecule is COc1ccc(CNc2ccc([N+](=O)[O-])cc2Br)cc1. The Balaban J connectivity index is 2.04. The largest absolute Gasteiger partial charge is 0.497 e. The summed E-state index contributed by atoms with van der Waals surface area (Å²) in [7, 11) is 1.63. The molecule has 0 saturated heterocycles. The van der Waals surface area contributed by atoms with Crippen LogP contribution in [0, 0.1) is 10.1 Å². The fraction of sp³-hybridized carbons (Fsp3) is 0.143. The smallest absolute Gasteiger partial charge is 0.270 e. The normalized spacial score (nSPS) is 10.1. The summed E-state index contributed by atoms with van der Waals surface area (Å²) in [4.78, 5) is 10.2. The van der Waals surface area contributed by atoms with Gasteiger partial charge >= 0.3 is 0 Å². The monoisotopic (exact) mass is 336 g/mol. The fourth-order valence-electron chi connectivity index (χ4n) is 1.70. The van der Waals surface area contributed by atoms with Crippen LogP contribution in [0.5, 0.6) is 5.75 Å². The minimum Gasteiger partial charge on any atom is -0.497 e. The molecule has 2 aromatic rings. The number of halogens is 1. The summed E-state index contributed by atoms with van der Waals surface area (Å²) in [5.41, 5.74) is 1.97. The second-order valence-corrected chi connectivity index (χ2v) is 4.98. The molecule has 0 radical (unpaired) electrons. The van der Waals surface area contributed by atoms with Crippen LogP contribution < -0.4 is 10.1 Å². The molecular weight excluding hydrogens is 324 g/mol. The topological polar surface area (TPSA) is 64.4 Å². The molecule has 5 nitrogen and oxygen atoms in total. The zero-order chi connectivity index (χ0) is 14.5. The first-order valence-electron chi connectivity index (χ1n) is 5.91. The molecule has 2 aromatic carbocycles. The lowest BCUT2D eigenvalue weighted by Crippen LogP contribution is -2.00. The Morgan fingerprint density at radius 2 is 1.95 bits per heavy atom. The highest BCUT2D eigenvalue weighted by Crippen LogP contribution is 2.27. The maximum atomic E-state index is 10.7. The van der Waals surface area contributed by atoms with Gasteiger partial charge in [-0.05, 0) is 39.7 Å². The molecule has 0 spiro atoms. The molecule has 0 aliphatic heterocycles. The highest BCUT2D eigenvalue weighted by molar-refractivity contribution is 9.10. The third-order valence-electron chi connectivity index (χ3n) is 2.81. The van der Waals surface area contributed by atoms with Crippen molar-refractivity contribution in [3.8, 4) is 5.75 Å². The Morgan fingerprint density at radius 3 is 2.50 bits per heavy atom. The Hall–Kier alpha value is -2.08. The first kappa shape index (κ1) is 14.3. The van der Waals surface area contributed by atoms with E-state index in [4.69, 9.17) is 4.74 Å². The average Bonchev–Trinajstić information content (AvgIpc) is 2.46. The van der Waals surface area contributed by atoms with E-state index in [0.717, 1.165) is 17.0 Å². The van der Waals surface area contributed by atoms with Crippen LogP contribution in [0.1, 0.15) is 5.56 Å². The minimum absolute atomic E-state index is 0.0619. The number of hydrogen-bond donors (Lipinski definition) is 1. The van der Waals surface area contributed by atoms with Gasteiger partial charge in [0.15, 0.2) is 0 Å². The molecule has 104 valence electrons. The summed E-state index contributed by atoms with van der Waals surface area (Å²) >= 11 is 3.32. The molecule has 6 heteroatoms. The second-order valence-electron chi connectivity index (χ2n) is 4.12. The number of hydrogen-bond acceptors (Lipinski definition) is 4. The highest BCUT2D eigenvalue weighted by Gasteiger charge is 2.08. The molecular formula is C14H13BrN2O3. The molecule has 20 heavy (non-hydrogen) atoms. The number of ether oxygens (including phenoxy) is 1. The van der Waals surface area contributed by atoms with E-state index in [1.807, 2.05) is 24.3 Å². The highest BCUT2D eigenvalue weighted by atomic mass is 79.9. The summed E-state index contributed by atoms with van der Waals surface area (Å²) in [6, 6.07) is 12.4. The number of nitrogens with one attached hydrogen (secondary N) is 1. The van der Waals surface area contributed by atoms with Crippen LogP contribution in [-0.2, 0) is 6.54 Å². The van der Waals surface area contributed by atoms with Gasteiger partial charge in [-0.15, -0.1) is 0 Å². The maximum absolute atomic E-state index is 10.7. The average molecular weight is 337 g/mol. The van der Waals surface area contributed by atoms with Crippen molar-refractivity contribution in [2.75, 3.05) is 12.4 Å². The van der Waals surface area contributed by atoms with Crippen molar-refractivity contribution >= 4 is 27.3 Å². The van der Waals surface area contributed by atoms with Crippen molar-refractivity contribution in [3.63, 3.8) is 0 Å². The van der Waals surface area contributed by atoms with Crippen molar-refractivity contribution in [1.29, 1.82) is 0 Å². The number of rotatable bonds is 5. The van der Waals surface area contributed by atoms with E-state index in [1.54, 1.807) is 13.2 Å². The van der Waals surface area contributed by atoms with Gasteiger partial charge in [0.1, 0.15) is 5.75 Å². The minimum atomic E-state index is -0.419. The van der Waals surface area contributed by atoms with E-state index >= 15 is 0 Å². The molecule has 0 aromatic heterocycles. The van der Waals surface area contributed by atoms with Crippen molar-refractivity contribution in [3.05, 3.63) is 62.6 Å². The second kappa shape index (κ2) is 6.38. The molecule has 0 amide bonds. The van der Waals surface area contributed by atoms with Crippen LogP contribution >= 0.6 is 15.9 Å². The van der Waals surface area contributed by atoms with Gasteiger partial charge < -0.3 is 10.1 Å². The zero-order valence-corrected chi connectivity index (χ0v) is 12.4. The number of non-ortho nitro benzene ring substituents is 1. The molecule has 0 bridgehead atoms. The van der Waals surface area contributed by atoms with Crippen LogP contribution in [0.3, 0.4) is 0 Å². The third-order valence-corrected chi connectivity index (χ3v) is 3.46. The van der Waals surface area contributed by atoms with E-state index in [9.17, 15) is 10.1 Å². The third kappa shape index (κ3) is 3.48. The van der Waals surface area contributed by atoms with Crippen LogP contribution in [0.15, 0.2) is 46.9 Å². The van der Waals surface area contributed by atoms with Gasteiger partial charge in [0.2, 0.25) is 0 Å². The molecule has 0 aliphatic carbocycles. The predicted molar refractivity (Wildman–Crippen MR) is 81.1 cm³/mol.